The fourth-order valence-electron chi connectivity index (χ4n) is 7.73. The van der Waals surface area contributed by atoms with Crippen LogP contribution in [0.25, 0.3) is 66.7 Å². The first kappa shape index (κ1) is 34.7. The molecule has 8 aromatic carbocycles. The van der Waals surface area contributed by atoms with Crippen molar-refractivity contribution in [3.63, 3.8) is 0 Å². The molecule has 1 heterocycles. The van der Waals surface area contributed by atoms with Crippen LogP contribution in [0.4, 0.5) is 17.1 Å². The average molecular weight is 719 g/mol. The van der Waals surface area contributed by atoms with E-state index in [-0.39, 0.29) is 0 Å². The van der Waals surface area contributed by atoms with Crippen molar-refractivity contribution in [1.29, 1.82) is 0 Å². The van der Waals surface area contributed by atoms with Gasteiger partial charge in [0, 0.05) is 33.6 Å². The maximum atomic E-state index is 5.22. The molecule has 0 aliphatic carbocycles. The van der Waals surface area contributed by atoms with Crippen LogP contribution in [0.1, 0.15) is 25.3 Å². The van der Waals surface area contributed by atoms with Gasteiger partial charge in [0.1, 0.15) is 0 Å². The number of pyridine rings is 1. The van der Waals surface area contributed by atoms with Gasteiger partial charge in [-0.2, -0.15) is 0 Å². The summed E-state index contributed by atoms with van der Waals surface area (Å²) in [6.07, 6.45) is 0. The van der Waals surface area contributed by atoms with Gasteiger partial charge in [0.25, 0.3) is 0 Å². The standard InChI is InChI=1S/C54H42N2/c1-38(2)51-36-45(28-35-50(51)42-16-8-4-9-17-42)41-24-31-48(32-25-41)56(47-29-22-40(23-30-47)39-14-6-3-7-15-39)49-33-26-44(27-34-49)54-52(43-18-10-5-11-19-43)37-46-20-12-13-21-53(46)55-54/h3-38H,1-2H3. The van der Waals surface area contributed by atoms with Crippen LogP contribution in [0.5, 0.6) is 0 Å². The van der Waals surface area contributed by atoms with Crippen molar-refractivity contribution in [2.24, 2.45) is 0 Å². The Morgan fingerprint density at radius 3 is 1.34 bits per heavy atom. The normalized spacial score (nSPS) is 11.2. The third kappa shape index (κ3) is 7.01. The van der Waals surface area contributed by atoms with E-state index >= 15 is 0 Å². The number of rotatable bonds is 9. The number of aromatic nitrogens is 1. The van der Waals surface area contributed by atoms with Crippen molar-refractivity contribution < 1.29 is 0 Å². The number of para-hydroxylation sites is 1. The smallest absolute Gasteiger partial charge is 0.0788 e. The summed E-state index contributed by atoms with van der Waals surface area (Å²) in [5.41, 5.74) is 17.3. The van der Waals surface area contributed by atoms with Gasteiger partial charge in [0.2, 0.25) is 0 Å². The molecule has 0 fully saturated rings. The first-order chi connectivity index (χ1) is 27.6. The van der Waals surface area contributed by atoms with Crippen molar-refractivity contribution in [1.82, 2.24) is 4.98 Å². The highest BCUT2D eigenvalue weighted by Gasteiger charge is 2.17. The lowest BCUT2D eigenvalue weighted by atomic mass is 9.89. The van der Waals surface area contributed by atoms with Crippen molar-refractivity contribution in [3.05, 3.63) is 218 Å². The van der Waals surface area contributed by atoms with Crippen molar-refractivity contribution in [2.75, 3.05) is 4.90 Å². The van der Waals surface area contributed by atoms with Gasteiger partial charge in [0.05, 0.1) is 11.2 Å². The van der Waals surface area contributed by atoms with Gasteiger partial charge in [-0.25, -0.2) is 4.98 Å². The van der Waals surface area contributed by atoms with Crippen molar-refractivity contribution in [2.45, 2.75) is 19.8 Å². The largest absolute Gasteiger partial charge is 0.311 e. The molecule has 2 nitrogen and oxygen atoms in total. The Hall–Kier alpha value is -7.03. The maximum Gasteiger partial charge on any atom is 0.0788 e. The summed E-state index contributed by atoms with van der Waals surface area (Å²) in [6.45, 7) is 4.55. The predicted molar refractivity (Wildman–Crippen MR) is 238 cm³/mol. The fourth-order valence-corrected chi connectivity index (χ4v) is 7.73. The Morgan fingerprint density at radius 2 is 0.786 bits per heavy atom. The van der Waals surface area contributed by atoms with Gasteiger partial charge < -0.3 is 4.90 Å². The summed E-state index contributed by atoms with van der Waals surface area (Å²) >= 11 is 0. The Balaban J connectivity index is 1.10. The molecule has 0 bridgehead atoms. The van der Waals surface area contributed by atoms with Crippen LogP contribution in [-0.4, -0.2) is 4.98 Å². The molecule has 56 heavy (non-hydrogen) atoms. The maximum absolute atomic E-state index is 5.22. The topological polar surface area (TPSA) is 16.1 Å². The highest BCUT2D eigenvalue weighted by Crippen LogP contribution is 2.40. The molecule has 0 N–H and O–H groups in total. The molecule has 0 aliphatic rings. The summed E-state index contributed by atoms with van der Waals surface area (Å²) in [6, 6.07) is 76.1. The zero-order chi connectivity index (χ0) is 37.8. The van der Waals surface area contributed by atoms with Gasteiger partial charge in [-0.05, 0) is 99.0 Å². The zero-order valence-electron chi connectivity index (χ0n) is 31.7. The summed E-state index contributed by atoms with van der Waals surface area (Å²) in [4.78, 5) is 7.56. The Kier molecular flexibility index (Phi) is 9.53. The van der Waals surface area contributed by atoms with E-state index in [0.29, 0.717) is 5.92 Å². The van der Waals surface area contributed by atoms with E-state index in [4.69, 9.17) is 4.98 Å². The van der Waals surface area contributed by atoms with Crippen LogP contribution in [0.15, 0.2) is 212 Å². The van der Waals surface area contributed by atoms with Crippen LogP contribution >= 0.6 is 0 Å². The number of benzene rings is 8. The SMILES string of the molecule is CC(C)c1cc(-c2ccc(N(c3ccc(-c4ccccc4)cc3)c3ccc(-c4nc5ccccc5cc4-c4ccccc4)cc3)cc2)ccc1-c1ccccc1. The summed E-state index contributed by atoms with van der Waals surface area (Å²) in [5, 5.41) is 1.13. The van der Waals surface area contributed by atoms with E-state index in [9.17, 15) is 0 Å². The Bertz CT molecular complexity index is 2720. The molecule has 0 radical (unpaired) electrons. The van der Waals surface area contributed by atoms with E-state index in [1.807, 2.05) is 0 Å². The van der Waals surface area contributed by atoms with Crippen LogP contribution in [-0.2, 0) is 0 Å². The molecule has 0 saturated heterocycles. The number of hydrogen-bond donors (Lipinski definition) is 0. The fraction of sp³-hybridized carbons (Fsp3) is 0.0556. The van der Waals surface area contributed by atoms with Gasteiger partial charge in [-0.15, -0.1) is 0 Å². The molecule has 268 valence electrons. The molecular formula is C54H42N2. The molecule has 9 aromatic rings. The molecule has 0 amide bonds. The van der Waals surface area contributed by atoms with E-state index in [2.05, 4.69) is 231 Å². The first-order valence-electron chi connectivity index (χ1n) is 19.4. The molecule has 0 spiro atoms. The molecule has 0 saturated carbocycles. The lowest BCUT2D eigenvalue weighted by Crippen LogP contribution is -2.09. The second-order valence-electron chi connectivity index (χ2n) is 14.6. The minimum Gasteiger partial charge on any atom is -0.311 e. The Morgan fingerprint density at radius 1 is 0.357 bits per heavy atom. The Labute approximate surface area is 330 Å². The lowest BCUT2D eigenvalue weighted by molar-refractivity contribution is 0.869. The molecular weight excluding hydrogens is 677 g/mol. The first-order valence-corrected chi connectivity index (χ1v) is 19.4. The van der Waals surface area contributed by atoms with Crippen molar-refractivity contribution in [3.8, 4) is 55.8 Å². The molecule has 2 heteroatoms. The third-order valence-electron chi connectivity index (χ3n) is 10.7. The highest BCUT2D eigenvalue weighted by molar-refractivity contribution is 5.92. The molecule has 0 unspecified atom stereocenters. The monoisotopic (exact) mass is 718 g/mol. The minimum absolute atomic E-state index is 0.398. The zero-order valence-corrected chi connectivity index (χ0v) is 31.7. The molecule has 0 aliphatic heterocycles. The van der Waals surface area contributed by atoms with E-state index < -0.39 is 0 Å². The van der Waals surface area contributed by atoms with Gasteiger partial charge >= 0.3 is 0 Å². The predicted octanol–water partition coefficient (Wildman–Crippen LogP) is 15.2. The van der Waals surface area contributed by atoms with E-state index in [1.165, 1.54) is 38.9 Å². The van der Waals surface area contributed by atoms with Crippen LogP contribution in [0.2, 0.25) is 0 Å². The van der Waals surface area contributed by atoms with Gasteiger partial charge in [0.15, 0.2) is 0 Å². The van der Waals surface area contributed by atoms with Gasteiger partial charge in [-0.1, -0.05) is 178 Å². The second-order valence-corrected chi connectivity index (χ2v) is 14.6. The highest BCUT2D eigenvalue weighted by atomic mass is 15.1. The summed E-state index contributed by atoms with van der Waals surface area (Å²) in [7, 11) is 0. The average Bonchev–Trinajstić information content (AvgIpc) is 3.27. The molecule has 9 rings (SSSR count). The van der Waals surface area contributed by atoms with Crippen LogP contribution < -0.4 is 4.90 Å². The number of hydrogen-bond acceptors (Lipinski definition) is 2. The summed E-state index contributed by atoms with van der Waals surface area (Å²) in [5.74, 6) is 0.398. The lowest BCUT2D eigenvalue weighted by Gasteiger charge is -2.26. The van der Waals surface area contributed by atoms with Crippen molar-refractivity contribution >= 4 is 28.0 Å². The quantitative estimate of drug-likeness (QED) is 0.148. The number of anilines is 3. The molecule has 1 aromatic heterocycles. The van der Waals surface area contributed by atoms with Crippen LogP contribution in [0.3, 0.4) is 0 Å². The number of nitrogens with zero attached hydrogens (tertiary/aromatic N) is 2. The minimum atomic E-state index is 0.398. The summed E-state index contributed by atoms with van der Waals surface area (Å²) < 4.78 is 0. The van der Waals surface area contributed by atoms with Gasteiger partial charge in [-0.3, -0.25) is 0 Å². The van der Waals surface area contributed by atoms with E-state index in [0.717, 1.165) is 50.3 Å². The van der Waals surface area contributed by atoms with Crippen LogP contribution in [0, 0.1) is 0 Å². The molecule has 0 atom stereocenters. The third-order valence-corrected chi connectivity index (χ3v) is 10.7. The second kappa shape index (κ2) is 15.4. The van der Waals surface area contributed by atoms with E-state index in [1.54, 1.807) is 0 Å². The number of fused-ring (bicyclic) bond motifs is 1.